The molecule has 0 saturated heterocycles. The van der Waals surface area contributed by atoms with E-state index in [9.17, 15) is 14.4 Å². The molecule has 0 radical (unpaired) electrons. The van der Waals surface area contributed by atoms with E-state index in [1.807, 2.05) is 47.0 Å². The Balaban J connectivity index is 1.71. The van der Waals surface area contributed by atoms with Crippen molar-refractivity contribution in [3.8, 4) is 28.2 Å². The molecule has 6 aromatic rings. The summed E-state index contributed by atoms with van der Waals surface area (Å²) in [6, 6.07) is 26.2. The van der Waals surface area contributed by atoms with Gasteiger partial charge >= 0.3 is 17.9 Å². The number of para-hydroxylation sites is 1. The van der Waals surface area contributed by atoms with E-state index in [2.05, 4.69) is 22.1 Å². The Morgan fingerprint density at radius 2 is 1.31 bits per heavy atom. The molecule has 0 atom stereocenters. The molecular weight excluding hydrogens is 570 g/mol. The Morgan fingerprint density at radius 3 is 1.91 bits per heavy atom. The van der Waals surface area contributed by atoms with Crippen molar-refractivity contribution in [1.82, 2.24) is 14.5 Å². The van der Waals surface area contributed by atoms with Gasteiger partial charge < -0.3 is 14.2 Å². The molecule has 4 aromatic carbocycles. The number of benzene rings is 4. The van der Waals surface area contributed by atoms with Gasteiger partial charge in [0.15, 0.2) is 0 Å². The molecule has 222 valence electrons. The minimum Gasteiger partial charge on any atom is -0.466 e. The van der Waals surface area contributed by atoms with Gasteiger partial charge in [-0.25, -0.2) is 24.4 Å². The summed E-state index contributed by atoms with van der Waals surface area (Å²) in [7, 11) is 4.03. The van der Waals surface area contributed by atoms with Crippen molar-refractivity contribution < 1.29 is 28.6 Å². The van der Waals surface area contributed by atoms with Crippen LogP contribution in [0.2, 0.25) is 0 Å². The Hall–Kier alpha value is -6.09. The fourth-order valence-corrected chi connectivity index (χ4v) is 5.41. The summed E-state index contributed by atoms with van der Waals surface area (Å²) in [5.74, 6) is -0.875. The van der Waals surface area contributed by atoms with Crippen LogP contribution in [0.4, 0.5) is 0 Å². The number of carbonyl (C=O) groups excluding carboxylic acids is 3. The molecule has 0 spiro atoms. The van der Waals surface area contributed by atoms with Crippen LogP contribution in [0.15, 0.2) is 103 Å². The van der Waals surface area contributed by atoms with Gasteiger partial charge in [-0.3, -0.25) is 4.57 Å². The molecule has 45 heavy (non-hydrogen) atoms. The van der Waals surface area contributed by atoms with E-state index in [1.165, 1.54) is 27.4 Å². The zero-order valence-electron chi connectivity index (χ0n) is 24.7. The van der Waals surface area contributed by atoms with Gasteiger partial charge in [0.25, 0.3) is 0 Å². The highest BCUT2D eigenvalue weighted by Crippen LogP contribution is 2.42. The van der Waals surface area contributed by atoms with Crippen molar-refractivity contribution in [3.63, 3.8) is 0 Å². The zero-order valence-corrected chi connectivity index (χ0v) is 24.7. The first kappa shape index (κ1) is 29.0. The molecule has 0 fully saturated rings. The topological polar surface area (TPSA) is 110 Å². The van der Waals surface area contributed by atoms with E-state index in [0.717, 1.165) is 49.6 Å². The average molecular weight is 598 g/mol. The number of rotatable bonds is 7. The minimum absolute atomic E-state index is 0.419. The molecule has 0 N–H and O–H groups in total. The summed E-state index contributed by atoms with van der Waals surface area (Å²) < 4.78 is 16.6. The summed E-state index contributed by atoms with van der Waals surface area (Å²) >= 11 is 0. The van der Waals surface area contributed by atoms with Crippen LogP contribution in [0, 0.1) is 0 Å². The second-order valence-corrected chi connectivity index (χ2v) is 10.0. The third kappa shape index (κ3) is 5.43. The van der Waals surface area contributed by atoms with Gasteiger partial charge in [-0.05, 0) is 76.4 Å². The largest absolute Gasteiger partial charge is 0.466 e. The van der Waals surface area contributed by atoms with E-state index in [-0.39, 0.29) is 0 Å². The van der Waals surface area contributed by atoms with Crippen LogP contribution in [0.1, 0.15) is 26.3 Å². The van der Waals surface area contributed by atoms with Crippen LogP contribution < -0.4 is 0 Å². The highest BCUT2D eigenvalue weighted by molar-refractivity contribution is 6.18. The average Bonchev–Trinajstić information content (AvgIpc) is 3.44. The van der Waals surface area contributed by atoms with Crippen LogP contribution in [0.25, 0.3) is 56.1 Å². The summed E-state index contributed by atoms with van der Waals surface area (Å²) in [5, 5.41) is 1.83. The Labute approximate surface area is 258 Å². The first-order valence-electron chi connectivity index (χ1n) is 14.0. The SMILES string of the molecule is COC(=O)/C=C/c1cccc2c3c(-c4ccc(C(=O)OC)cc4)cc(-c4ccc(C(=O)OC)cc4)cc3n(-c3ncccn3)c12. The normalized spacial score (nSPS) is 11.2. The highest BCUT2D eigenvalue weighted by Gasteiger charge is 2.21. The van der Waals surface area contributed by atoms with Gasteiger partial charge in [-0.1, -0.05) is 42.5 Å². The number of hydrogen-bond donors (Lipinski definition) is 0. The summed E-state index contributed by atoms with van der Waals surface area (Å²) in [6.45, 7) is 0. The maximum atomic E-state index is 12.2. The number of carbonyl (C=O) groups is 3. The molecule has 0 aliphatic carbocycles. The smallest absolute Gasteiger partial charge is 0.337 e. The van der Waals surface area contributed by atoms with Gasteiger partial charge in [0.2, 0.25) is 5.95 Å². The number of esters is 3. The first-order valence-corrected chi connectivity index (χ1v) is 14.0. The Morgan fingerprint density at radius 1 is 0.689 bits per heavy atom. The van der Waals surface area contributed by atoms with Crippen molar-refractivity contribution in [2.75, 3.05) is 21.3 Å². The Bertz CT molecular complexity index is 2100. The van der Waals surface area contributed by atoms with E-state index >= 15 is 0 Å². The molecule has 0 saturated carbocycles. The van der Waals surface area contributed by atoms with Crippen molar-refractivity contribution in [2.45, 2.75) is 0 Å². The predicted molar refractivity (Wildman–Crippen MR) is 171 cm³/mol. The second-order valence-electron chi connectivity index (χ2n) is 10.0. The monoisotopic (exact) mass is 597 g/mol. The quantitative estimate of drug-likeness (QED) is 0.114. The maximum absolute atomic E-state index is 12.2. The molecule has 0 bridgehead atoms. The van der Waals surface area contributed by atoms with Crippen LogP contribution in [-0.4, -0.2) is 53.8 Å². The van der Waals surface area contributed by atoms with E-state index < -0.39 is 17.9 Å². The lowest BCUT2D eigenvalue weighted by atomic mass is 9.93. The molecule has 9 heteroatoms. The van der Waals surface area contributed by atoms with E-state index in [4.69, 9.17) is 14.2 Å². The van der Waals surface area contributed by atoms with Crippen LogP contribution in [-0.2, 0) is 19.0 Å². The fourth-order valence-electron chi connectivity index (χ4n) is 5.41. The molecule has 2 aromatic heterocycles. The molecule has 0 aliphatic heterocycles. The van der Waals surface area contributed by atoms with Gasteiger partial charge in [-0.15, -0.1) is 0 Å². The van der Waals surface area contributed by atoms with E-state index in [1.54, 1.807) is 48.8 Å². The molecule has 0 aliphatic rings. The van der Waals surface area contributed by atoms with Crippen molar-refractivity contribution >= 4 is 45.8 Å². The molecule has 0 unspecified atom stereocenters. The molecular formula is C36H27N3O6. The third-order valence-corrected chi connectivity index (χ3v) is 7.53. The number of methoxy groups -OCH3 is 3. The lowest BCUT2D eigenvalue weighted by Gasteiger charge is -2.12. The zero-order chi connectivity index (χ0) is 31.5. The van der Waals surface area contributed by atoms with Gasteiger partial charge in [-0.2, -0.15) is 0 Å². The number of aromatic nitrogens is 3. The standard InChI is InChI=1S/C36H27N3O6/c1-43-31(40)17-16-24-6-4-7-28-32-29(23-10-14-26(15-11-23)35(42)45-3)20-27(22-8-12-25(13-9-22)34(41)44-2)21-30(32)39(33(24)28)36-37-18-5-19-38-36/h4-21H,1-3H3/b17-16+. The number of nitrogens with zero attached hydrogens (tertiary/aromatic N) is 3. The first-order chi connectivity index (χ1) is 21.9. The minimum atomic E-state index is -0.477. The third-order valence-electron chi connectivity index (χ3n) is 7.53. The van der Waals surface area contributed by atoms with Crippen molar-refractivity contribution in [2.24, 2.45) is 0 Å². The lowest BCUT2D eigenvalue weighted by Crippen LogP contribution is -2.02. The summed E-state index contributed by atoms with van der Waals surface area (Å²) in [5.41, 5.74) is 6.75. The van der Waals surface area contributed by atoms with E-state index in [0.29, 0.717) is 17.1 Å². The highest BCUT2D eigenvalue weighted by atomic mass is 16.5. The van der Waals surface area contributed by atoms with Gasteiger partial charge in [0.05, 0.1) is 43.5 Å². The Kier molecular flexibility index (Phi) is 7.90. The van der Waals surface area contributed by atoms with Crippen LogP contribution in [0.5, 0.6) is 0 Å². The molecule has 6 rings (SSSR count). The number of hydrogen-bond acceptors (Lipinski definition) is 8. The van der Waals surface area contributed by atoms with Gasteiger partial charge in [0.1, 0.15) is 0 Å². The van der Waals surface area contributed by atoms with Crippen LogP contribution >= 0.6 is 0 Å². The number of ether oxygens (including phenoxy) is 3. The lowest BCUT2D eigenvalue weighted by molar-refractivity contribution is -0.134. The summed E-state index contributed by atoms with van der Waals surface area (Å²) in [6.07, 6.45) is 6.44. The van der Waals surface area contributed by atoms with Crippen LogP contribution in [0.3, 0.4) is 0 Å². The molecule has 2 heterocycles. The summed E-state index contributed by atoms with van der Waals surface area (Å²) in [4.78, 5) is 45.6. The predicted octanol–water partition coefficient (Wildman–Crippen LogP) is 6.67. The molecule has 9 nitrogen and oxygen atoms in total. The molecule has 0 amide bonds. The maximum Gasteiger partial charge on any atom is 0.337 e. The van der Waals surface area contributed by atoms with Crippen molar-refractivity contribution in [3.05, 3.63) is 120 Å². The van der Waals surface area contributed by atoms with Crippen molar-refractivity contribution in [1.29, 1.82) is 0 Å². The second kappa shape index (κ2) is 12.3. The number of fused-ring (bicyclic) bond motifs is 3. The fraction of sp³-hybridized carbons (Fsp3) is 0.0833. The van der Waals surface area contributed by atoms with Gasteiger partial charge in [0, 0.05) is 29.2 Å².